The molecule has 0 saturated heterocycles. The maximum absolute atomic E-state index is 11.6. The van der Waals surface area contributed by atoms with E-state index in [1.807, 2.05) is 45.2 Å². The van der Waals surface area contributed by atoms with Gasteiger partial charge in [0.1, 0.15) is 0 Å². The largest absolute Gasteiger partial charge is 0.326 e. The molecule has 0 bridgehead atoms. The third-order valence-corrected chi connectivity index (χ3v) is 2.19. The highest BCUT2D eigenvalue weighted by molar-refractivity contribution is 5.90. The summed E-state index contributed by atoms with van der Waals surface area (Å²) in [5.74, 6) is 0.470. The molecule has 0 aliphatic carbocycles. The molecule has 0 heterocycles. The van der Waals surface area contributed by atoms with Crippen LogP contribution < -0.4 is 10.6 Å². The van der Waals surface area contributed by atoms with Crippen LogP contribution in [0, 0.1) is 5.92 Å². The number of benzene rings is 1. The molecule has 3 heteroatoms. The summed E-state index contributed by atoms with van der Waals surface area (Å²) in [6.07, 6.45) is 0.566. The molecule has 0 aromatic heterocycles. The van der Waals surface area contributed by atoms with Crippen molar-refractivity contribution in [2.24, 2.45) is 5.92 Å². The van der Waals surface area contributed by atoms with Gasteiger partial charge in [-0.15, -0.1) is 0 Å². The van der Waals surface area contributed by atoms with Crippen LogP contribution in [0.25, 0.3) is 0 Å². The highest BCUT2D eigenvalue weighted by atomic mass is 16.1. The molecule has 0 spiro atoms. The van der Waals surface area contributed by atoms with E-state index in [2.05, 4.69) is 10.6 Å². The van der Waals surface area contributed by atoms with Crippen molar-refractivity contribution in [1.82, 2.24) is 5.32 Å². The minimum atomic E-state index is 0.0802. The van der Waals surface area contributed by atoms with Crippen molar-refractivity contribution in [2.45, 2.75) is 26.8 Å². The molecule has 0 aliphatic rings. The summed E-state index contributed by atoms with van der Waals surface area (Å²) in [5.41, 5.74) is 2.04. The van der Waals surface area contributed by atoms with Crippen molar-refractivity contribution in [3.05, 3.63) is 29.8 Å². The van der Waals surface area contributed by atoms with E-state index in [0.717, 1.165) is 12.2 Å². The number of hydrogen-bond acceptors (Lipinski definition) is 2. The first-order valence-corrected chi connectivity index (χ1v) is 5.65. The van der Waals surface area contributed by atoms with Gasteiger partial charge in [0.15, 0.2) is 0 Å². The average molecular weight is 220 g/mol. The number of anilines is 1. The molecule has 0 atom stereocenters. The average Bonchev–Trinajstić information content (AvgIpc) is 2.17. The van der Waals surface area contributed by atoms with E-state index < -0.39 is 0 Å². The Bertz CT molecular complexity index is 348. The number of carbonyl (C=O) groups excluding carboxylic acids is 1. The van der Waals surface area contributed by atoms with Gasteiger partial charge in [-0.25, -0.2) is 0 Å². The summed E-state index contributed by atoms with van der Waals surface area (Å²) in [6, 6.07) is 7.90. The zero-order chi connectivity index (χ0) is 12.0. The van der Waals surface area contributed by atoms with Crippen LogP contribution in [0.3, 0.4) is 0 Å². The molecular weight excluding hydrogens is 200 g/mol. The summed E-state index contributed by atoms with van der Waals surface area (Å²) < 4.78 is 0. The summed E-state index contributed by atoms with van der Waals surface area (Å²) in [6.45, 7) is 4.89. The Morgan fingerprint density at radius 2 is 2.12 bits per heavy atom. The smallest absolute Gasteiger partial charge is 0.224 e. The van der Waals surface area contributed by atoms with Crippen LogP contribution in [0.2, 0.25) is 0 Å². The molecule has 0 unspecified atom stereocenters. The maximum atomic E-state index is 11.6. The van der Waals surface area contributed by atoms with Gasteiger partial charge in [0.2, 0.25) is 5.91 Å². The number of nitrogens with one attached hydrogen (secondary N) is 2. The molecule has 1 aromatic carbocycles. The fourth-order valence-corrected chi connectivity index (χ4v) is 1.55. The van der Waals surface area contributed by atoms with Crippen LogP contribution in [0.4, 0.5) is 5.69 Å². The van der Waals surface area contributed by atoms with E-state index in [1.54, 1.807) is 0 Å². The Kier molecular flexibility index (Phi) is 4.99. The Balaban J connectivity index is 2.59. The molecule has 1 aromatic rings. The van der Waals surface area contributed by atoms with Gasteiger partial charge in [0.05, 0.1) is 0 Å². The molecule has 0 fully saturated rings. The molecule has 3 nitrogen and oxygen atoms in total. The summed E-state index contributed by atoms with van der Waals surface area (Å²) in [5, 5.41) is 5.99. The summed E-state index contributed by atoms with van der Waals surface area (Å²) in [7, 11) is 1.91. The van der Waals surface area contributed by atoms with Crippen molar-refractivity contribution >= 4 is 11.6 Å². The van der Waals surface area contributed by atoms with Crippen LogP contribution in [-0.2, 0) is 11.3 Å². The predicted molar refractivity (Wildman–Crippen MR) is 67.3 cm³/mol. The molecule has 1 amide bonds. The van der Waals surface area contributed by atoms with E-state index in [4.69, 9.17) is 0 Å². The number of rotatable bonds is 5. The first-order valence-electron chi connectivity index (χ1n) is 5.65. The summed E-state index contributed by atoms with van der Waals surface area (Å²) in [4.78, 5) is 11.6. The number of amides is 1. The third-order valence-electron chi connectivity index (χ3n) is 2.19. The fraction of sp³-hybridized carbons (Fsp3) is 0.462. The normalized spacial score (nSPS) is 10.5. The lowest BCUT2D eigenvalue weighted by Gasteiger charge is -2.08. The number of hydrogen-bond donors (Lipinski definition) is 2. The minimum absolute atomic E-state index is 0.0802. The SMILES string of the molecule is CNCc1cccc(NC(=O)CC(C)C)c1. The Morgan fingerprint density at radius 1 is 1.38 bits per heavy atom. The van der Waals surface area contributed by atoms with Crippen molar-refractivity contribution in [3.8, 4) is 0 Å². The molecule has 88 valence electrons. The van der Waals surface area contributed by atoms with Crippen molar-refractivity contribution in [2.75, 3.05) is 12.4 Å². The molecule has 0 radical (unpaired) electrons. The Hall–Kier alpha value is -1.35. The van der Waals surface area contributed by atoms with E-state index >= 15 is 0 Å². The van der Waals surface area contributed by atoms with Crippen LogP contribution in [0.5, 0.6) is 0 Å². The highest BCUT2D eigenvalue weighted by Gasteiger charge is 2.05. The van der Waals surface area contributed by atoms with Crippen molar-refractivity contribution < 1.29 is 4.79 Å². The first kappa shape index (κ1) is 12.7. The van der Waals surface area contributed by atoms with Gasteiger partial charge in [0, 0.05) is 18.7 Å². The van der Waals surface area contributed by atoms with E-state index in [0.29, 0.717) is 12.3 Å². The lowest BCUT2D eigenvalue weighted by Crippen LogP contribution is -2.14. The quantitative estimate of drug-likeness (QED) is 0.800. The van der Waals surface area contributed by atoms with Gasteiger partial charge in [-0.1, -0.05) is 26.0 Å². The van der Waals surface area contributed by atoms with Crippen LogP contribution in [-0.4, -0.2) is 13.0 Å². The van der Waals surface area contributed by atoms with Gasteiger partial charge in [-0.2, -0.15) is 0 Å². The molecule has 2 N–H and O–H groups in total. The van der Waals surface area contributed by atoms with Gasteiger partial charge in [-0.3, -0.25) is 4.79 Å². The summed E-state index contributed by atoms with van der Waals surface area (Å²) >= 11 is 0. The van der Waals surface area contributed by atoms with Gasteiger partial charge in [-0.05, 0) is 30.7 Å². The standard InChI is InChI=1S/C13H20N2O/c1-10(2)7-13(16)15-12-6-4-5-11(8-12)9-14-3/h4-6,8,10,14H,7,9H2,1-3H3,(H,15,16). The minimum Gasteiger partial charge on any atom is -0.326 e. The van der Waals surface area contributed by atoms with Crippen LogP contribution in [0.1, 0.15) is 25.8 Å². The monoisotopic (exact) mass is 220 g/mol. The topological polar surface area (TPSA) is 41.1 Å². The predicted octanol–water partition coefficient (Wildman–Crippen LogP) is 2.39. The van der Waals surface area contributed by atoms with Crippen LogP contribution in [0.15, 0.2) is 24.3 Å². The Labute approximate surface area is 97.2 Å². The molecule has 0 aliphatic heterocycles. The van der Waals surface area contributed by atoms with Crippen molar-refractivity contribution in [1.29, 1.82) is 0 Å². The fourth-order valence-electron chi connectivity index (χ4n) is 1.55. The molecule has 1 rings (SSSR count). The lowest BCUT2D eigenvalue weighted by molar-refractivity contribution is -0.116. The zero-order valence-corrected chi connectivity index (χ0v) is 10.2. The first-order chi connectivity index (χ1) is 7.61. The van der Waals surface area contributed by atoms with E-state index in [1.165, 1.54) is 5.56 Å². The third kappa shape index (κ3) is 4.45. The van der Waals surface area contributed by atoms with Gasteiger partial charge in [0.25, 0.3) is 0 Å². The molecular formula is C13H20N2O. The second-order valence-electron chi connectivity index (χ2n) is 4.38. The van der Waals surface area contributed by atoms with Crippen LogP contribution >= 0.6 is 0 Å². The molecule has 16 heavy (non-hydrogen) atoms. The highest BCUT2D eigenvalue weighted by Crippen LogP contribution is 2.11. The zero-order valence-electron chi connectivity index (χ0n) is 10.2. The van der Waals surface area contributed by atoms with Gasteiger partial charge >= 0.3 is 0 Å². The number of carbonyl (C=O) groups is 1. The van der Waals surface area contributed by atoms with E-state index in [-0.39, 0.29) is 5.91 Å². The Morgan fingerprint density at radius 3 is 2.75 bits per heavy atom. The van der Waals surface area contributed by atoms with E-state index in [9.17, 15) is 4.79 Å². The molecule has 0 saturated carbocycles. The lowest BCUT2D eigenvalue weighted by atomic mass is 10.1. The second kappa shape index (κ2) is 6.28. The van der Waals surface area contributed by atoms with Gasteiger partial charge < -0.3 is 10.6 Å². The second-order valence-corrected chi connectivity index (χ2v) is 4.38. The van der Waals surface area contributed by atoms with Crippen molar-refractivity contribution in [3.63, 3.8) is 0 Å². The maximum Gasteiger partial charge on any atom is 0.224 e.